The molecule has 4 heterocycles. The molecule has 0 aliphatic carbocycles. The van der Waals surface area contributed by atoms with Gasteiger partial charge in [0.15, 0.2) is 5.78 Å². The summed E-state index contributed by atoms with van der Waals surface area (Å²) >= 11 is 1.49. The van der Waals surface area contributed by atoms with E-state index in [0.29, 0.717) is 33.9 Å². The van der Waals surface area contributed by atoms with E-state index in [-0.39, 0.29) is 29.4 Å². The number of imide groups is 4. The van der Waals surface area contributed by atoms with Crippen LogP contribution in [-0.4, -0.2) is 53.0 Å². The molecule has 4 aliphatic heterocycles. The smallest absolute Gasteiger partial charge is 0.258 e. The van der Waals surface area contributed by atoms with Crippen molar-refractivity contribution < 1.29 is 43.2 Å². The Morgan fingerprint density at radius 2 is 0.509 bits per heavy atom. The van der Waals surface area contributed by atoms with Crippen molar-refractivity contribution in [1.29, 1.82) is 0 Å². The maximum Gasteiger partial charge on any atom is 0.258 e. The van der Waals surface area contributed by atoms with Crippen LogP contribution in [0.25, 0.3) is 0 Å². The van der Waals surface area contributed by atoms with Crippen LogP contribution >= 0.6 is 11.8 Å². The van der Waals surface area contributed by atoms with Crippen LogP contribution < -0.4 is 19.6 Å². The lowest BCUT2D eigenvalue weighted by molar-refractivity contribution is -0.121. The van der Waals surface area contributed by atoms with Gasteiger partial charge in [0.2, 0.25) is 0 Å². The zero-order valence-corrected chi connectivity index (χ0v) is 29.0. The summed E-state index contributed by atoms with van der Waals surface area (Å²) in [6.45, 7) is 0. The molecule has 0 atom stereocenters. The van der Waals surface area contributed by atoms with Crippen molar-refractivity contribution in [2.24, 2.45) is 0 Å². The summed E-state index contributed by atoms with van der Waals surface area (Å²) < 4.78 is 0. The van der Waals surface area contributed by atoms with E-state index in [1.807, 2.05) is 24.3 Å². The van der Waals surface area contributed by atoms with Crippen molar-refractivity contribution in [3.8, 4) is 0 Å². The molecule has 4 aromatic rings. The Kier molecular flexibility index (Phi) is 9.64. The minimum Gasteiger partial charge on any atom is -0.289 e. The molecular weight excluding hydrogens is 725 g/mol. The van der Waals surface area contributed by atoms with E-state index < -0.39 is 23.6 Å². The van der Waals surface area contributed by atoms with Gasteiger partial charge in [-0.25, -0.2) is 19.6 Å². The van der Waals surface area contributed by atoms with Crippen molar-refractivity contribution in [1.82, 2.24) is 0 Å². The summed E-state index contributed by atoms with van der Waals surface area (Å²) in [6.07, 6.45) is 9.75. The summed E-state index contributed by atoms with van der Waals surface area (Å²) in [6, 6.07) is 26.4. The Morgan fingerprint density at radius 3 is 0.727 bits per heavy atom. The van der Waals surface area contributed by atoms with Crippen LogP contribution in [-0.2, 0) is 38.4 Å². The van der Waals surface area contributed by atoms with Crippen LogP contribution in [0.2, 0.25) is 0 Å². The fraction of sp³-hybridized carbons (Fsp3) is 0. The van der Waals surface area contributed by atoms with E-state index in [4.69, 9.17) is 0 Å². The number of benzene rings is 4. The second-order valence-electron chi connectivity index (χ2n) is 11.9. The van der Waals surface area contributed by atoms with Gasteiger partial charge in [-0.2, -0.15) is 0 Å². The Labute approximate surface area is 316 Å². The highest BCUT2D eigenvalue weighted by atomic mass is 32.2. The van der Waals surface area contributed by atoms with E-state index in [1.165, 1.54) is 109 Å². The second-order valence-corrected chi connectivity index (χ2v) is 13.0. The van der Waals surface area contributed by atoms with Gasteiger partial charge in [-0.15, -0.1) is 0 Å². The van der Waals surface area contributed by atoms with Gasteiger partial charge in [0.05, 0.1) is 22.7 Å². The first-order valence-electron chi connectivity index (χ1n) is 16.4. The maximum absolute atomic E-state index is 12.6. The van der Waals surface area contributed by atoms with E-state index in [9.17, 15) is 43.2 Å². The van der Waals surface area contributed by atoms with Crippen LogP contribution in [0.15, 0.2) is 155 Å². The fourth-order valence-electron chi connectivity index (χ4n) is 5.77. The molecule has 0 N–H and O–H groups in total. The van der Waals surface area contributed by atoms with Gasteiger partial charge in [0, 0.05) is 69.5 Å². The Bertz CT molecular complexity index is 2220. The third-order valence-electron chi connectivity index (χ3n) is 8.44. The number of hydrogen-bond acceptors (Lipinski definition) is 10. The van der Waals surface area contributed by atoms with Crippen molar-refractivity contribution in [2.45, 2.75) is 9.79 Å². The van der Waals surface area contributed by atoms with Gasteiger partial charge in [-0.3, -0.25) is 43.2 Å². The molecule has 0 radical (unpaired) electrons. The van der Waals surface area contributed by atoms with Crippen molar-refractivity contribution >= 4 is 87.6 Å². The van der Waals surface area contributed by atoms with Crippen LogP contribution in [0.4, 0.5) is 22.7 Å². The molecule has 0 bridgehead atoms. The molecular formula is C41H24N4O9S. The largest absolute Gasteiger partial charge is 0.289 e. The number of anilines is 4. The number of rotatable bonds is 8. The van der Waals surface area contributed by atoms with Gasteiger partial charge in [-0.05, 0) is 97.1 Å². The van der Waals surface area contributed by atoms with Crippen molar-refractivity contribution in [3.05, 3.63) is 157 Å². The topological polar surface area (TPSA) is 167 Å². The number of nitrogens with zero attached hydrogens (tertiary/aromatic N) is 4. The molecule has 8 amide bonds. The Balaban J connectivity index is 0.000000169. The highest BCUT2D eigenvalue weighted by molar-refractivity contribution is 7.99. The average molecular weight is 749 g/mol. The molecule has 0 unspecified atom stereocenters. The van der Waals surface area contributed by atoms with Crippen LogP contribution in [0.1, 0.15) is 15.9 Å². The first kappa shape index (κ1) is 35.8. The zero-order valence-electron chi connectivity index (χ0n) is 28.2. The number of ketones is 1. The summed E-state index contributed by atoms with van der Waals surface area (Å²) in [5.41, 5.74) is 2.55. The van der Waals surface area contributed by atoms with E-state index >= 15 is 0 Å². The molecule has 0 saturated carbocycles. The first-order chi connectivity index (χ1) is 26.5. The van der Waals surface area contributed by atoms with Gasteiger partial charge in [0.1, 0.15) is 0 Å². The van der Waals surface area contributed by atoms with Gasteiger partial charge >= 0.3 is 0 Å². The van der Waals surface area contributed by atoms with Crippen molar-refractivity contribution in [3.63, 3.8) is 0 Å². The van der Waals surface area contributed by atoms with Gasteiger partial charge in [-0.1, -0.05) is 11.8 Å². The predicted molar refractivity (Wildman–Crippen MR) is 200 cm³/mol. The van der Waals surface area contributed by atoms with Crippen LogP contribution in [0.3, 0.4) is 0 Å². The van der Waals surface area contributed by atoms with E-state index in [1.54, 1.807) is 24.3 Å². The zero-order chi connectivity index (χ0) is 38.8. The van der Waals surface area contributed by atoms with Crippen LogP contribution in [0.5, 0.6) is 0 Å². The predicted octanol–water partition coefficient (Wildman–Crippen LogP) is 4.47. The molecule has 0 spiro atoms. The van der Waals surface area contributed by atoms with Crippen molar-refractivity contribution in [2.75, 3.05) is 19.6 Å². The third-order valence-corrected chi connectivity index (χ3v) is 9.45. The molecule has 0 saturated heterocycles. The highest BCUT2D eigenvalue weighted by Gasteiger charge is 2.28. The van der Waals surface area contributed by atoms with Gasteiger partial charge in [0.25, 0.3) is 47.3 Å². The summed E-state index contributed by atoms with van der Waals surface area (Å²) in [5.74, 6) is -3.39. The molecule has 55 heavy (non-hydrogen) atoms. The minimum atomic E-state index is -0.430. The molecule has 4 aromatic carbocycles. The molecule has 8 rings (SSSR count). The lowest BCUT2D eigenvalue weighted by Crippen LogP contribution is -2.29. The molecule has 13 nitrogen and oxygen atoms in total. The minimum absolute atomic E-state index is 0.271. The monoisotopic (exact) mass is 748 g/mol. The third kappa shape index (κ3) is 7.25. The van der Waals surface area contributed by atoms with E-state index in [0.717, 1.165) is 29.4 Å². The average Bonchev–Trinajstić information content (AvgIpc) is 3.93. The standard InChI is InChI=1S/C21H12N2O5.C20H12N2O4S/c24-17-9-10-18(25)22(17)15-5-1-13(2-6-15)21(28)14-3-7-16(8-4-14)23-19(26)11-12-20(23)27;23-17-9-10-18(24)21(17)13-1-5-15(6-2-13)27-16-7-3-14(4-8-16)22-19(25)11-12-20(22)26/h1-12H;1-12H. The highest BCUT2D eigenvalue weighted by Crippen LogP contribution is 2.32. The molecule has 0 aromatic heterocycles. The lowest BCUT2D eigenvalue weighted by atomic mass is 10.0. The number of amides is 8. The van der Waals surface area contributed by atoms with E-state index in [2.05, 4.69) is 0 Å². The Hall–Kier alpha value is -7.58. The lowest BCUT2D eigenvalue weighted by Gasteiger charge is -2.15. The SMILES string of the molecule is O=C(c1ccc(N2C(=O)C=CC2=O)cc1)c1ccc(N2C(=O)C=CC2=O)cc1.O=C1C=CC(=O)N1c1ccc(Sc2ccc(N3C(=O)C=CC3=O)cc2)cc1. The number of hydrogen-bond donors (Lipinski definition) is 0. The molecule has 4 aliphatic rings. The Morgan fingerprint density at radius 1 is 0.309 bits per heavy atom. The maximum atomic E-state index is 12.6. The normalized spacial score (nSPS) is 16.0. The van der Waals surface area contributed by atoms with Gasteiger partial charge < -0.3 is 0 Å². The molecule has 268 valence electrons. The first-order valence-corrected chi connectivity index (χ1v) is 17.2. The van der Waals surface area contributed by atoms with Crippen LogP contribution in [0, 0.1) is 0 Å². The molecule has 0 fully saturated rings. The fourth-order valence-corrected chi connectivity index (χ4v) is 6.59. The summed E-state index contributed by atoms with van der Waals surface area (Å²) in [4.78, 5) is 112. The second kappa shape index (κ2) is 14.8. The molecule has 14 heteroatoms. The summed E-state index contributed by atoms with van der Waals surface area (Å²) in [5, 5.41) is 0. The summed E-state index contributed by atoms with van der Waals surface area (Å²) in [7, 11) is 0. The number of carbonyl (C=O) groups is 9. The quantitative estimate of drug-likeness (QED) is 0.185. The number of carbonyl (C=O) groups excluding carboxylic acids is 9.